The molecule has 1 aliphatic heterocycles. The second-order valence-corrected chi connectivity index (χ2v) is 8.62. The number of aryl methyl sites for hydroxylation is 2. The monoisotopic (exact) mass is 460 g/mol. The molecule has 0 saturated carbocycles. The van der Waals surface area contributed by atoms with Crippen LogP contribution in [0.25, 0.3) is 0 Å². The van der Waals surface area contributed by atoms with Crippen molar-refractivity contribution in [2.24, 2.45) is 0 Å². The molecule has 1 aliphatic rings. The molecule has 1 amide bonds. The summed E-state index contributed by atoms with van der Waals surface area (Å²) in [6.07, 6.45) is 5.21. The van der Waals surface area contributed by atoms with Gasteiger partial charge >= 0.3 is 0 Å². The molecule has 2 heterocycles. The van der Waals surface area contributed by atoms with Gasteiger partial charge in [0.15, 0.2) is 11.5 Å². The molecule has 34 heavy (non-hydrogen) atoms. The van der Waals surface area contributed by atoms with Crippen molar-refractivity contribution < 1.29 is 19.0 Å². The summed E-state index contributed by atoms with van der Waals surface area (Å²) in [7, 11) is 0. The van der Waals surface area contributed by atoms with Crippen molar-refractivity contribution in [2.45, 2.75) is 46.3 Å². The van der Waals surface area contributed by atoms with Gasteiger partial charge in [-0.05, 0) is 73.9 Å². The molecule has 0 spiro atoms. The largest absolute Gasteiger partial charge is 0.490 e. The van der Waals surface area contributed by atoms with E-state index in [2.05, 4.69) is 37.0 Å². The van der Waals surface area contributed by atoms with Crippen LogP contribution in [-0.2, 0) is 6.61 Å². The molecule has 1 aromatic heterocycles. The molecule has 0 atom stereocenters. The predicted molar refractivity (Wildman–Crippen MR) is 132 cm³/mol. The number of likely N-dealkylation sites (tertiary alicyclic amines) is 1. The maximum absolute atomic E-state index is 13.2. The molecule has 6 nitrogen and oxygen atoms in total. The molecule has 0 radical (unpaired) electrons. The van der Waals surface area contributed by atoms with Gasteiger partial charge in [-0.1, -0.05) is 12.1 Å². The van der Waals surface area contributed by atoms with Crippen molar-refractivity contribution in [1.29, 1.82) is 0 Å². The second kappa shape index (κ2) is 11.1. The third-order valence-corrected chi connectivity index (χ3v) is 6.00. The Kier molecular flexibility index (Phi) is 7.68. The van der Waals surface area contributed by atoms with E-state index < -0.39 is 0 Å². The first-order valence-corrected chi connectivity index (χ1v) is 11.8. The van der Waals surface area contributed by atoms with Gasteiger partial charge in [-0.25, -0.2) is 0 Å². The van der Waals surface area contributed by atoms with Gasteiger partial charge < -0.3 is 19.1 Å². The molecule has 3 aromatic rings. The Labute approximate surface area is 201 Å². The molecular weight excluding hydrogens is 428 g/mol. The van der Waals surface area contributed by atoms with E-state index in [1.165, 1.54) is 5.56 Å². The van der Waals surface area contributed by atoms with Crippen LogP contribution in [0, 0.1) is 13.8 Å². The van der Waals surface area contributed by atoms with Crippen molar-refractivity contribution in [2.75, 3.05) is 19.7 Å². The number of aromatic nitrogens is 1. The minimum atomic E-state index is 0.00632. The third-order valence-electron chi connectivity index (χ3n) is 6.00. The molecule has 4 rings (SSSR count). The van der Waals surface area contributed by atoms with Crippen LogP contribution < -0.4 is 14.2 Å². The second-order valence-electron chi connectivity index (χ2n) is 8.62. The highest BCUT2D eigenvalue weighted by molar-refractivity contribution is 5.95. The lowest BCUT2D eigenvalue weighted by atomic mass is 10.1. The van der Waals surface area contributed by atoms with Gasteiger partial charge in [-0.3, -0.25) is 9.78 Å². The number of rotatable bonds is 8. The van der Waals surface area contributed by atoms with Crippen LogP contribution in [0.2, 0.25) is 0 Å². The molecule has 178 valence electrons. The Balaban J connectivity index is 1.37. The first-order valence-electron chi connectivity index (χ1n) is 11.8. The van der Waals surface area contributed by atoms with E-state index in [1.54, 1.807) is 18.5 Å². The standard InChI is InChI=1S/C28H32N2O4/c1-4-32-27-18-23(7-8-25(27)33-19-22-9-13-29-14-10-22)28(31)30-15-11-24(12-16-30)34-26-17-20(2)5-6-21(26)3/h5-10,13-14,17-18,24H,4,11-12,15-16,19H2,1-3H3. The predicted octanol–water partition coefficient (Wildman–Crippen LogP) is 5.36. The van der Waals surface area contributed by atoms with Crippen molar-refractivity contribution in [3.63, 3.8) is 0 Å². The molecule has 1 fully saturated rings. The van der Waals surface area contributed by atoms with Crippen LogP contribution in [0.4, 0.5) is 0 Å². The molecule has 2 aromatic carbocycles. The number of amides is 1. The number of nitrogens with zero attached hydrogens (tertiary/aromatic N) is 2. The Hall–Kier alpha value is -3.54. The van der Waals surface area contributed by atoms with Gasteiger partial charge in [0.1, 0.15) is 18.5 Å². The Morgan fingerprint density at radius 2 is 1.71 bits per heavy atom. The van der Waals surface area contributed by atoms with Gasteiger partial charge in [0.2, 0.25) is 0 Å². The van der Waals surface area contributed by atoms with Crippen LogP contribution in [-0.4, -0.2) is 41.6 Å². The smallest absolute Gasteiger partial charge is 0.253 e. The van der Waals surface area contributed by atoms with E-state index in [1.807, 2.05) is 36.1 Å². The summed E-state index contributed by atoms with van der Waals surface area (Å²) in [6.45, 7) is 8.28. The van der Waals surface area contributed by atoms with Crippen LogP contribution in [0.5, 0.6) is 17.2 Å². The Bertz CT molecular complexity index is 1110. The molecule has 0 bridgehead atoms. The summed E-state index contributed by atoms with van der Waals surface area (Å²) in [6, 6.07) is 15.5. The number of pyridine rings is 1. The summed E-state index contributed by atoms with van der Waals surface area (Å²) < 4.78 is 18.0. The van der Waals surface area contributed by atoms with Gasteiger partial charge in [0.05, 0.1) is 6.61 Å². The number of carbonyl (C=O) groups excluding carboxylic acids is 1. The fourth-order valence-electron chi connectivity index (χ4n) is 4.04. The normalized spacial score (nSPS) is 14.0. The maximum atomic E-state index is 13.2. The van der Waals surface area contributed by atoms with Crippen LogP contribution in [0.15, 0.2) is 60.9 Å². The number of piperidine rings is 1. The van der Waals surface area contributed by atoms with E-state index in [9.17, 15) is 4.79 Å². The zero-order valence-corrected chi connectivity index (χ0v) is 20.1. The van der Waals surface area contributed by atoms with E-state index >= 15 is 0 Å². The zero-order chi connectivity index (χ0) is 23.9. The number of hydrogen-bond donors (Lipinski definition) is 0. The van der Waals surface area contributed by atoms with Crippen molar-refractivity contribution in [3.8, 4) is 17.2 Å². The van der Waals surface area contributed by atoms with E-state index in [-0.39, 0.29) is 12.0 Å². The van der Waals surface area contributed by atoms with Gasteiger partial charge in [-0.15, -0.1) is 0 Å². The zero-order valence-electron chi connectivity index (χ0n) is 20.1. The van der Waals surface area contributed by atoms with Crippen LogP contribution in [0.1, 0.15) is 46.8 Å². The van der Waals surface area contributed by atoms with E-state index in [0.717, 1.165) is 29.7 Å². The van der Waals surface area contributed by atoms with Crippen molar-refractivity contribution in [1.82, 2.24) is 9.88 Å². The summed E-state index contributed by atoms with van der Waals surface area (Å²) in [4.78, 5) is 19.1. The molecule has 6 heteroatoms. The van der Waals surface area contributed by atoms with Gasteiger partial charge in [0.25, 0.3) is 5.91 Å². The number of carbonyl (C=O) groups is 1. The number of hydrogen-bond acceptors (Lipinski definition) is 5. The quantitative estimate of drug-likeness (QED) is 0.453. The minimum Gasteiger partial charge on any atom is -0.490 e. The first kappa shape index (κ1) is 23.6. The lowest BCUT2D eigenvalue weighted by Gasteiger charge is -2.32. The summed E-state index contributed by atoms with van der Waals surface area (Å²) in [5, 5.41) is 0. The fourth-order valence-corrected chi connectivity index (χ4v) is 4.04. The van der Waals surface area contributed by atoms with Gasteiger partial charge in [-0.2, -0.15) is 0 Å². The van der Waals surface area contributed by atoms with E-state index in [4.69, 9.17) is 14.2 Å². The Morgan fingerprint density at radius 1 is 0.941 bits per heavy atom. The first-order chi connectivity index (χ1) is 16.5. The molecule has 0 aliphatic carbocycles. The highest BCUT2D eigenvalue weighted by Gasteiger charge is 2.26. The average molecular weight is 461 g/mol. The average Bonchev–Trinajstić information content (AvgIpc) is 2.86. The maximum Gasteiger partial charge on any atom is 0.253 e. The van der Waals surface area contributed by atoms with Gasteiger partial charge in [0, 0.05) is 43.9 Å². The lowest BCUT2D eigenvalue weighted by Crippen LogP contribution is -2.41. The highest BCUT2D eigenvalue weighted by Crippen LogP contribution is 2.30. The topological polar surface area (TPSA) is 60.9 Å². The number of benzene rings is 2. The minimum absolute atomic E-state index is 0.00632. The highest BCUT2D eigenvalue weighted by atomic mass is 16.5. The molecule has 0 unspecified atom stereocenters. The van der Waals surface area contributed by atoms with E-state index in [0.29, 0.717) is 43.4 Å². The molecule has 1 saturated heterocycles. The summed E-state index contributed by atoms with van der Waals surface area (Å²) in [5.41, 5.74) is 3.95. The van der Waals surface area contributed by atoms with Crippen LogP contribution in [0.3, 0.4) is 0 Å². The van der Waals surface area contributed by atoms with Crippen LogP contribution >= 0.6 is 0 Å². The SMILES string of the molecule is CCOc1cc(C(=O)N2CCC(Oc3cc(C)ccc3C)CC2)ccc1OCc1ccncc1. The Morgan fingerprint density at radius 3 is 2.44 bits per heavy atom. The van der Waals surface area contributed by atoms with Crippen molar-refractivity contribution >= 4 is 5.91 Å². The molecule has 0 N–H and O–H groups in total. The number of ether oxygens (including phenoxy) is 3. The molecular formula is C28H32N2O4. The lowest BCUT2D eigenvalue weighted by molar-refractivity contribution is 0.0594. The fraction of sp³-hybridized carbons (Fsp3) is 0.357. The summed E-state index contributed by atoms with van der Waals surface area (Å²) in [5.74, 6) is 2.15. The van der Waals surface area contributed by atoms with Crippen molar-refractivity contribution in [3.05, 3.63) is 83.2 Å². The summed E-state index contributed by atoms with van der Waals surface area (Å²) >= 11 is 0. The third kappa shape index (κ3) is 5.87.